The smallest absolute Gasteiger partial charge is 0.323 e. The van der Waals surface area contributed by atoms with Crippen LogP contribution in [0, 0.1) is 0 Å². The lowest BCUT2D eigenvalue weighted by Gasteiger charge is -2.23. The van der Waals surface area contributed by atoms with Gasteiger partial charge in [0.1, 0.15) is 0 Å². The lowest BCUT2D eigenvalue weighted by atomic mass is 9.86. The van der Waals surface area contributed by atoms with Gasteiger partial charge in [-0.2, -0.15) is 13.2 Å². The fourth-order valence-corrected chi connectivity index (χ4v) is 2.08. The van der Waals surface area contributed by atoms with Gasteiger partial charge in [-0.15, -0.1) is 0 Å². The Kier molecular flexibility index (Phi) is 5.82. The minimum Gasteiger partial charge on any atom is -0.323 e. The van der Waals surface area contributed by atoms with E-state index in [2.05, 4.69) is 20.8 Å². The lowest BCUT2D eigenvalue weighted by Crippen LogP contribution is -2.31. The van der Waals surface area contributed by atoms with Gasteiger partial charge < -0.3 is 10.6 Å². The van der Waals surface area contributed by atoms with Crippen molar-refractivity contribution in [1.82, 2.24) is 4.90 Å². The number of nitrogens with zero attached hydrogens (tertiary/aromatic N) is 1. The third-order valence-corrected chi connectivity index (χ3v) is 3.49. The summed E-state index contributed by atoms with van der Waals surface area (Å²) in [5, 5.41) is 0. The van der Waals surface area contributed by atoms with Crippen molar-refractivity contribution in [1.29, 1.82) is 0 Å². The fraction of sp³-hybridized carbons (Fsp3) is 0.625. The summed E-state index contributed by atoms with van der Waals surface area (Å²) in [5.74, 6) is 0. The predicted molar refractivity (Wildman–Crippen MR) is 80.2 cm³/mol. The molecule has 0 heterocycles. The molecule has 0 saturated carbocycles. The van der Waals surface area contributed by atoms with E-state index in [1.807, 2.05) is 24.3 Å². The summed E-state index contributed by atoms with van der Waals surface area (Å²) >= 11 is 0. The van der Waals surface area contributed by atoms with Crippen molar-refractivity contribution in [3.63, 3.8) is 0 Å². The molecule has 1 aromatic rings. The lowest BCUT2D eigenvalue weighted by molar-refractivity contribution is -0.137. The number of benzene rings is 1. The average Bonchev–Trinajstić information content (AvgIpc) is 2.34. The third-order valence-electron chi connectivity index (χ3n) is 3.49. The SMILES string of the molecule is CN(CCC(F)(F)F)CC(N)c1ccc(C(C)(C)C)cc1. The van der Waals surface area contributed by atoms with E-state index in [1.54, 1.807) is 11.9 Å². The predicted octanol–water partition coefficient (Wildman–Crippen LogP) is 3.87. The maximum absolute atomic E-state index is 12.2. The standard InChI is InChI=1S/C16H25F3N2/c1-15(2,3)13-7-5-12(6-8-13)14(20)11-21(4)10-9-16(17,18)19/h5-8,14H,9-11,20H2,1-4H3. The summed E-state index contributed by atoms with van der Waals surface area (Å²) in [6.45, 7) is 6.77. The summed E-state index contributed by atoms with van der Waals surface area (Å²) < 4.78 is 36.5. The molecule has 5 heteroatoms. The topological polar surface area (TPSA) is 29.3 Å². The molecule has 0 fully saturated rings. The van der Waals surface area contributed by atoms with Crippen molar-refractivity contribution in [3.05, 3.63) is 35.4 Å². The van der Waals surface area contributed by atoms with E-state index in [1.165, 1.54) is 5.56 Å². The molecule has 0 aliphatic rings. The zero-order valence-electron chi connectivity index (χ0n) is 13.2. The molecule has 2 N–H and O–H groups in total. The number of hydrogen-bond donors (Lipinski definition) is 1. The second-order valence-corrected chi connectivity index (χ2v) is 6.61. The van der Waals surface area contributed by atoms with Gasteiger partial charge in [0, 0.05) is 19.1 Å². The van der Waals surface area contributed by atoms with Crippen LogP contribution in [0.2, 0.25) is 0 Å². The van der Waals surface area contributed by atoms with E-state index in [0.29, 0.717) is 6.54 Å². The maximum atomic E-state index is 12.2. The van der Waals surface area contributed by atoms with Gasteiger partial charge in [-0.1, -0.05) is 45.0 Å². The van der Waals surface area contributed by atoms with Crippen molar-refractivity contribution < 1.29 is 13.2 Å². The Morgan fingerprint density at radius 3 is 2.05 bits per heavy atom. The highest BCUT2D eigenvalue weighted by atomic mass is 19.4. The monoisotopic (exact) mass is 302 g/mol. The van der Waals surface area contributed by atoms with Crippen LogP contribution >= 0.6 is 0 Å². The first-order valence-corrected chi connectivity index (χ1v) is 7.10. The first kappa shape index (κ1) is 18.0. The molecule has 0 saturated heterocycles. The van der Waals surface area contributed by atoms with Gasteiger partial charge >= 0.3 is 6.18 Å². The third kappa shape index (κ3) is 6.48. The molecule has 1 rings (SSSR count). The van der Waals surface area contributed by atoms with E-state index < -0.39 is 12.6 Å². The minimum absolute atomic E-state index is 0.0305. The second-order valence-electron chi connectivity index (χ2n) is 6.61. The first-order chi connectivity index (χ1) is 9.49. The zero-order chi connectivity index (χ0) is 16.3. The number of hydrogen-bond acceptors (Lipinski definition) is 2. The zero-order valence-corrected chi connectivity index (χ0v) is 13.2. The Hall–Kier alpha value is -1.07. The Labute approximate surface area is 125 Å². The van der Waals surface area contributed by atoms with Gasteiger partial charge in [0.2, 0.25) is 0 Å². The maximum Gasteiger partial charge on any atom is 0.390 e. The molecule has 0 amide bonds. The molecule has 0 spiro atoms. The molecule has 21 heavy (non-hydrogen) atoms. The molecule has 1 unspecified atom stereocenters. The summed E-state index contributed by atoms with van der Waals surface area (Å²) in [5.41, 5.74) is 8.31. The Morgan fingerprint density at radius 2 is 1.62 bits per heavy atom. The molecular formula is C16H25F3N2. The second kappa shape index (κ2) is 6.79. The van der Waals surface area contributed by atoms with Crippen LogP contribution < -0.4 is 5.73 Å². The largest absolute Gasteiger partial charge is 0.390 e. The van der Waals surface area contributed by atoms with Crippen LogP contribution in [0.3, 0.4) is 0 Å². The molecule has 0 aliphatic carbocycles. The summed E-state index contributed by atoms with van der Waals surface area (Å²) in [4.78, 5) is 1.62. The fourth-order valence-electron chi connectivity index (χ4n) is 2.08. The van der Waals surface area contributed by atoms with Crippen molar-refractivity contribution >= 4 is 0 Å². The molecule has 0 aliphatic heterocycles. The normalized spacial score (nSPS) is 14.5. The van der Waals surface area contributed by atoms with Gasteiger partial charge in [-0.3, -0.25) is 0 Å². The molecule has 2 nitrogen and oxygen atoms in total. The first-order valence-electron chi connectivity index (χ1n) is 7.10. The van der Waals surface area contributed by atoms with Crippen LogP contribution in [0.1, 0.15) is 44.4 Å². The van der Waals surface area contributed by atoms with Crippen LogP contribution in [0.25, 0.3) is 0 Å². The van der Waals surface area contributed by atoms with Crippen molar-refractivity contribution in [3.8, 4) is 0 Å². The molecule has 1 aromatic carbocycles. The van der Waals surface area contributed by atoms with Crippen LogP contribution in [0.15, 0.2) is 24.3 Å². The number of rotatable bonds is 5. The Balaban J connectivity index is 2.57. The molecule has 0 aromatic heterocycles. The number of nitrogens with two attached hydrogens (primary N) is 1. The summed E-state index contributed by atoms with van der Waals surface area (Å²) in [6, 6.07) is 7.71. The molecular weight excluding hydrogens is 277 g/mol. The van der Waals surface area contributed by atoms with E-state index in [4.69, 9.17) is 5.73 Å². The van der Waals surface area contributed by atoms with E-state index >= 15 is 0 Å². The van der Waals surface area contributed by atoms with Crippen molar-refractivity contribution in [2.45, 2.75) is 44.8 Å². The average molecular weight is 302 g/mol. The van der Waals surface area contributed by atoms with Crippen molar-refractivity contribution in [2.75, 3.05) is 20.1 Å². The highest BCUT2D eigenvalue weighted by Crippen LogP contribution is 2.24. The number of likely N-dealkylation sites (N-methyl/N-ethyl adjacent to an activating group) is 1. The Morgan fingerprint density at radius 1 is 1.10 bits per heavy atom. The van der Waals surface area contributed by atoms with Gasteiger partial charge in [-0.25, -0.2) is 0 Å². The van der Waals surface area contributed by atoms with Gasteiger partial charge in [0.05, 0.1) is 6.42 Å². The summed E-state index contributed by atoms with van der Waals surface area (Å²) in [7, 11) is 1.66. The van der Waals surface area contributed by atoms with Gasteiger partial charge in [-0.05, 0) is 23.6 Å². The van der Waals surface area contributed by atoms with Crippen LogP contribution in [0.4, 0.5) is 13.2 Å². The highest BCUT2D eigenvalue weighted by Gasteiger charge is 2.27. The molecule has 120 valence electrons. The van der Waals surface area contributed by atoms with E-state index in [9.17, 15) is 13.2 Å². The summed E-state index contributed by atoms with van der Waals surface area (Å²) in [6.07, 6.45) is -4.92. The Bertz CT molecular complexity index is 432. The van der Waals surface area contributed by atoms with Gasteiger partial charge in [0.25, 0.3) is 0 Å². The molecule has 0 bridgehead atoms. The van der Waals surface area contributed by atoms with E-state index in [0.717, 1.165) is 5.56 Å². The molecule has 1 atom stereocenters. The highest BCUT2D eigenvalue weighted by molar-refractivity contribution is 5.29. The van der Waals surface area contributed by atoms with Crippen LogP contribution in [0.5, 0.6) is 0 Å². The minimum atomic E-state index is -4.12. The van der Waals surface area contributed by atoms with Crippen LogP contribution in [-0.2, 0) is 5.41 Å². The number of halogens is 3. The van der Waals surface area contributed by atoms with Gasteiger partial charge in [0.15, 0.2) is 0 Å². The quantitative estimate of drug-likeness (QED) is 0.894. The van der Waals surface area contributed by atoms with Crippen LogP contribution in [-0.4, -0.2) is 31.2 Å². The van der Waals surface area contributed by atoms with Crippen molar-refractivity contribution in [2.24, 2.45) is 5.73 Å². The van der Waals surface area contributed by atoms with E-state index in [-0.39, 0.29) is 18.0 Å². The molecule has 0 radical (unpaired) electrons. The number of alkyl halides is 3.